The molecule has 1 aromatic rings. The maximum Gasteiger partial charge on any atom is 0.240 e. The Morgan fingerprint density at radius 3 is 2.90 bits per heavy atom. The highest BCUT2D eigenvalue weighted by Crippen LogP contribution is 2.28. The molecule has 0 spiro atoms. The van der Waals surface area contributed by atoms with Crippen molar-refractivity contribution >= 4 is 17.7 Å². The molecule has 1 aromatic carbocycles. The summed E-state index contributed by atoms with van der Waals surface area (Å²) in [4.78, 5) is 14.6. The zero-order chi connectivity index (χ0) is 13.9. The van der Waals surface area contributed by atoms with E-state index >= 15 is 0 Å². The number of rotatable bonds is 3. The van der Waals surface area contributed by atoms with Crippen LogP contribution >= 0.6 is 11.8 Å². The molecule has 0 bridgehead atoms. The summed E-state index contributed by atoms with van der Waals surface area (Å²) in [5.74, 6) is 2.73. The first kappa shape index (κ1) is 14.0. The van der Waals surface area contributed by atoms with E-state index in [9.17, 15) is 4.79 Å². The number of benzene rings is 1. The lowest BCUT2D eigenvalue weighted by Crippen LogP contribution is -2.47. The number of carbonyl (C=O) groups excluding carboxylic acids is 1. The van der Waals surface area contributed by atoms with Crippen LogP contribution in [0.5, 0.6) is 0 Å². The number of nitrogens with zero attached hydrogens (tertiary/aromatic N) is 1. The second-order valence-corrected chi connectivity index (χ2v) is 6.81. The van der Waals surface area contributed by atoms with Crippen LogP contribution in [-0.2, 0) is 11.2 Å². The van der Waals surface area contributed by atoms with Gasteiger partial charge in [0.15, 0.2) is 0 Å². The number of thioether (sulfide) groups is 1. The maximum atomic E-state index is 12.5. The van der Waals surface area contributed by atoms with Crippen molar-refractivity contribution in [3.63, 3.8) is 0 Å². The van der Waals surface area contributed by atoms with Crippen molar-refractivity contribution in [3.8, 4) is 0 Å². The van der Waals surface area contributed by atoms with Crippen LogP contribution in [0, 0.1) is 5.92 Å². The van der Waals surface area contributed by atoms with Gasteiger partial charge in [-0.2, -0.15) is 0 Å². The maximum absolute atomic E-state index is 12.5. The second-order valence-electron chi connectivity index (χ2n) is 5.78. The van der Waals surface area contributed by atoms with Crippen LogP contribution in [-0.4, -0.2) is 41.1 Å². The lowest BCUT2D eigenvalue weighted by Gasteiger charge is -2.27. The predicted molar refractivity (Wildman–Crippen MR) is 83.7 cm³/mol. The molecular weight excluding hydrogens is 268 g/mol. The fraction of sp³-hybridized carbons (Fsp3) is 0.562. The van der Waals surface area contributed by atoms with Gasteiger partial charge < -0.3 is 4.90 Å². The molecule has 4 heteroatoms. The van der Waals surface area contributed by atoms with Crippen LogP contribution in [0.3, 0.4) is 0 Å². The molecule has 0 unspecified atom stereocenters. The summed E-state index contributed by atoms with van der Waals surface area (Å²) in [6.45, 7) is 3.13. The molecular formula is C16H22N2OS. The minimum atomic E-state index is 0.0397. The predicted octanol–water partition coefficient (Wildman–Crippen LogP) is 2.13. The van der Waals surface area contributed by atoms with Crippen LogP contribution < -0.4 is 5.32 Å². The normalized spacial score (nSPS) is 29.9. The average Bonchev–Trinajstić information content (AvgIpc) is 3.11. The summed E-state index contributed by atoms with van der Waals surface area (Å²) in [6.07, 6.45) is 2.21. The molecule has 3 atom stereocenters. The highest BCUT2D eigenvalue weighted by molar-refractivity contribution is 7.99. The van der Waals surface area contributed by atoms with Crippen molar-refractivity contribution in [1.29, 1.82) is 0 Å². The molecule has 0 aliphatic carbocycles. The third-order valence-electron chi connectivity index (χ3n) is 4.55. The number of amides is 1. The number of hydrogen-bond acceptors (Lipinski definition) is 3. The molecule has 1 N–H and O–H groups in total. The zero-order valence-corrected chi connectivity index (χ0v) is 12.7. The fourth-order valence-electron chi connectivity index (χ4n) is 3.26. The van der Waals surface area contributed by atoms with E-state index in [4.69, 9.17) is 0 Å². The van der Waals surface area contributed by atoms with E-state index in [1.165, 1.54) is 5.56 Å². The van der Waals surface area contributed by atoms with Crippen molar-refractivity contribution in [2.24, 2.45) is 5.92 Å². The summed E-state index contributed by atoms with van der Waals surface area (Å²) >= 11 is 1.82. The van der Waals surface area contributed by atoms with Gasteiger partial charge in [-0.05, 0) is 31.2 Å². The van der Waals surface area contributed by atoms with Crippen LogP contribution in [0.1, 0.15) is 18.9 Å². The Morgan fingerprint density at radius 2 is 2.20 bits per heavy atom. The molecule has 3 nitrogen and oxygen atoms in total. The standard InChI is InChI=1S/C16H22N2OS/c1-12-14(9-13-5-3-2-4-6-13)7-8-18(12)16(19)15-10-20-11-17-15/h2-6,12,14-15,17H,7-11H2,1H3/t12-,14-,15+/m0/s1. The van der Waals surface area contributed by atoms with E-state index in [1.807, 2.05) is 11.8 Å². The first-order valence-corrected chi connectivity index (χ1v) is 8.56. The SMILES string of the molecule is C[C@H]1[C@H](Cc2ccccc2)CCN1C(=O)[C@H]1CSCN1. The third kappa shape index (κ3) is 2.86. The molecule has 20 heavy (non-hydrogen) atoms. The summed E-state index contributed by atoms with van der Waals surface area (Å²) in [5.41, 5.74) is 1.38. The molecule has 2 heterocycles. The fourth-order valence-corrected chi connectivity index (χ4v) is 4.19. The average molecular weight is 290 g/mol. The van der Waals surface area contributed by atoms with Gasteiger partial charge in [-0.25, -0.2) is 0 Å². The lowest BCUT2D eigenvalue weighted by atomic mass is 9.93. The van der Waals surface area contributed by atoms with Gasteiger partial charge in [0.2, 0.25) is 5.91 Å². The van der Waals surface area contributed by atoms with Gasteiger partial charge in [0.1, 0.15) is 0 Å². The molecule has 1 amide bonds. The molecule has 2 saturated heterocycles. The monoisotopic (exact) mass is 290 g/mol. The van der Waals surface area contributed by atoms with Gasteiger partial charge in [-0.1, -0.05) is 30.3 Å². The topological polar surface area (TPSA) is 32.3 Å². The van der Waals surface area contributed by atoms with Gasteiger partial charge in [0.05, 0.1) is 6.04 Å². The summed E-state index contributed by atoms with van der Waals surface area (Å²) in [5, 5.41) is 3.29. The zero-order valence-electron chi connectivity index (χ0n) is 11.9. The van der Waals surface area contributed by atoms with Crippen LogP contribution in [0.4, 0.5) is 0 Å². The van der Waals surface area contributed by atoms with Crippen molar-refractivity contribution in [2.75, 3.05) is 18.2 Å². The third-order valence-corrected chi connectivity index (χ3v) is 5.49. The van der Waals surface area contributed by atoms with E-state index in [2.05, 4.69) is 47.5 Å². The first-order chi connectivity index (χ1) is 9.75. The van der Waals surface area contributed by atoms with Gasteiger partial charge in [-0.15, -0.1) is 11.8 Å². The number of hydrogen-bond donors (Lipinski definition) is 1. The van der Waals surface area contributed by atoms with Gasteiger partial charge >= 0.3 is 0 Å². The molecule has 0 aromatic heterocycles. The second kappa shape index (κ2) is 6.19. The number of carbonyl (C=O) groups is 1. The Hall–Kier alpha value is -1.000. The van der Waals surface area contributed by atoms with Gasteiger partial charge in [0, 0.05) is 24.2 Å². The van der Waals surface area contributed by atoms with E-state index in [0.29, 0.717) is 17.9 Å². The number of likely N-dealkylation sites (tertiary alicyclic amines) is 1. The number of nitrogens with one attached hydrogen (secondary N) is 1. The Morgan fingerprint density at radius 1 is 1.40 bits per heavy atom. The van der Waals surface area contributed by atoms with Gasteiger partial charge in [-0.3, -0.25) is 10.1 Å². The smallest absolute Gasteiger partial charge is 0.240 e. The molecule has 0 radical (unpaired) electrons. The Labute approximate surface area is 125 Å². The lowest BCUT2D eigenvalue weighted by molar-refractivity contribution is -0.133. The molecule has 2 fully saturated rings. The van der Waals surface area contributed by atoms with Crippen LogP contribution in [0.2, 0.25) is 0 Å². The molecule has 2 aliphatic rings. The Bertz CT molecular complexity index is 459. The van der Waals surface area contributed by atoms with Crippen molar-refractivity contribution in [2.45, 2.75) is 31.8 Å². The van der Waals surface area contributed by atoms with E-state index in [0.717, 1.165) is 31.0 Å². The quantitative estimate of drug-likeness (QED) is 0.925. The minimum Gasteiger partial charge on any atom is -0.338 e. The van der Waals surface area contributed by atoms with Crippen LogP contribution in [0.15, 0.2) is 30.3 Å². The summed E-state index contributed by atoms with van der Waals surface area (Å²) < 4.78 is 0. The largest absolute Gasteiger partial charge is 0.338 e. The van der Waals surface area contributed by atoms with E-state index in [-0.39, 0.29) is 6.04 Å². The van der Waals surface area contributed by atoms with Gasteiger partial charge in [0.25, 0.3) is 0 Å². The Balaban J connectivity index is 1.61. The molecule has 3 rings (SSSR count). The van der Waals surface area contributed by atoms with Crippen molar-refractivity contribution < 1.29 is 4.79 Å². The van der Waals surface area contributed by atoms with E-state index in [1.54, 1.807) is 0 Å². The van der Waals surface area contributed by atoms with Crippen LogP contribution in [0.25, 0.3) is 0 Å². The van der Waals surface area contributed by atoms with Crippen molar-refractivity contribution in [3.05, 3.63) is 35.9 Å². The molecule has 2 aliphatic heterocycles. The minimum absolute atomic E-state index is 0.0397. The van der Waals surface area contributed by atoms with E-state index < -0.39 is 0 Å². The summed E-state index contributed by atoms with van der Waals surface area (Å²) in [7, 11) is 0. The Kier molecular flexibility index (Phi) is 4.32. The molecule has 0 saturated carbocycles. The van der Waals surface area contributed by atoms with Crippen molar-refractivity contribution in [1.82, 2.24) is 10.2 Å². The highest BCUT2D eigenvalue weighted by Gasteiger charge is 2.37. The first-order valence-electron chi connectivity index (χ1n) is 7.41. The molecule has 108 valence electrons. The summed E-state index contributed by atoms with van der Waals surface area (Å²) in [6, 6.07) is 11.0. The highest BCUT2D eigenvalue weighted by atomic mass is 32.2.